The third-order valence-electron chi connectivity index (χ3n) is 4.51. The van der Waals surface area contributed by atoms with Gasteiger partial charge in [0.1, 0.15) is 0 Å². The van der Waals surface area contributed by atoms with E-state index >= 15 is 0 Å². The highest BCUT2D eigenvalue weighted by molar-refractivity contribution is 5.93. The molecule has 0 radical (unpaired) electrons. The van der Waals surface area contributed by atoms with Gasteiger partial charge in [-0.3, -0.25) is 0 Å². The van der Waals surface area contributed by atoms with Crippen LogP contribution in [0.25, 0.3) is 22.6 Å². The largest absolute Gasteiger partial charge is 0.449 e. The molecule has 0 bridgehead atoms. The van der Waals surface area contributed by atoms with Crippen LogP contribution in [0.5, 0.6) is 0 Å². The van der Waals surface area contributed by atoms with E-state index in [2.05, 4.69) is 20.3 Å². The molecule has 1 atom stereocenters. The SMILES string of the molecule is Cc1ccc(-c2nnc(C(C)OC(=O)c3cnc4onc(C(C)C)c4c3)o2)cc1. The number of pyridine rings is 1. The van der Waals surface area contributed by atoms with Crippen molar-refractivity contribution in [2.45, 2.75) is 39.7 Å². The maximum Gasteiger partial charge on any atom is 0.340 e. The van der Waals surface area contributed by atoms with Gasteiger partial charge in [-0.1, -0.05) is 36.7 Å². The highest BCUT2D eigenvalue weighted by Gasteiger charge is 2.22. The zero-order chi connectivity index (χ0) is 20.5. The highest BCUT2D eigenvalue weighted by atomic mass is 16.6. The number of carbonyl (C=O) groups excluding carboxylic acids is 1. The van der Waals surface area contributed by atoms with E-state index in [0.717, 1.165) is 16.8 Å². The number of benzene rings is 1. The topological polar surface area (TPSA) is 104 Å². The lowest BCUT2D eigenvalue weighted by molar-refractivity contribution is 0.0279. The molecule has 0 saturated carbocycles. The predicted molar refractivity (Wildman–Crippen MR) is 104 cm³/mol. The zero-order valence-electron chi connectivity index (χ0n) is 16.5. The highest BCUT2D eigenvalue weighted by Crippen LogP contribution is 2.26. The molecule has 0 saturated heterocycles. The Morgan fingerprint density at radius 2 is 1.86 bits per heavy atom. The smallest absolute Gasteiger partial charge is 0.340 e. The standard InChI is InChI=1S/C21H20N4O4/c1-11(2)17-16-9-15(10-22-20(16)29-25-17)21(26)27-13(4)18-23-24-19(28-18)14-7-5-12(3)6-8-14/h5-11,13H,1-4H3. The number of fused-ring (bicyclic) bond motifs is 1. The minimum atomic E-state index is -0.711. The Morgan fingerprint density at radius 1 is 1.10 bits per heavy atom. The Bertz CT molecular complexity index is 1160. The number of ether oxygens (including phenoxy) is 1. The molecule has 3 heterocycles. The number of hydrogen-bond acceptors (Lipinski definition) is 8. The Kier molecular flexibility index (Phi) is 4.84. The van der Waals surface area contributed by atoms with Gasteiger partial charge in [0.25, 0.3) is 11.6 Å². The number of esters is 1. The first kappa shape index (κ1) is 18.8. The Balaban J connectivity index is 1.52. The molecule has 4 aromatic rings. The third-order valence-corrected chi connectivity index (χ3v) is 4.51. The molecule has 148 valence electrons. The second kappa shape index (κ2) is 7.46. The number of aromatic nitrogens is 4. The lowest BCUT2D eigenvalue weighted by Gasteiger charge is -2.09. The first-order valence-electron chi connectivity index (χ1n) is 9.29. The van der Waals surface area contributed by atoms with Gasteiger partial charge < -0.3 is 13.7 Å². The Morgan fingerprint density at radius 3 is 2.59 bits per heavy atom. The van der Waals surface area contributed by atoms with Crippen molar-refractivity contribution in [1.29, 1.82) is 0 Å². The summed E-state index contributed by atoms with van der Waals surface area (Å²) in [5.74, 6) is 0.188. The molecule has 0 spiro atoms. The second-order valence-corrected chi connectivity index (χ2v) is 7.16. The lowest BCUT2D eigenvalue weighted by Crippen LogP contribution is -2.10. The van der Waals surface area contributed by atoms with Crippen molar-refractivity contribution in [3.05, 3.63) is 59.2 Å². The summed E-state index contributed by atoms with van der Waals surface area (Å²) in [6.07, 6.45) is 0.690. The van der Waals surface area contributed by atoms with Crippen molar-refractivity contribution in [3.63, 3.8) is 0 Å². The van der Waals surface area contributed by atoms with Gasteiger partial charge in [0.2, 0.25) is 5.89 Å². The van der Waals surface area contributed by atoms with E-state index in [4.69, 9.17) is 13.7 Å². The number of hydrogen-bond donors (Lipinski definition) is 0. The van der Waals surface area contributed by atoms with E-state index in [1.54, 1.807) is 13.0 Å². The van der Waals surface area contributed by atoms with Crippen LogP contribution in [0, 0.1) is 6.92 Å². The third kappa shape index (κ3) is 3.73. The first-order chi connectivity index (χ1) is 13.9. The van der Waals surface area contributed by atoms with E-state index in [1.807, 2.05) is 45.0 Å². The number of nitrogens with zero attached hydrogens (tertiary/aromatic N) is 4. The van der Waals surface area contributed by atoms with Crippen molar-refractivity contribution in [1.82, 2.24) is 20.3 Å². The molecule has 0 N–H and O–H groups in total. The summed E-state index contributed by atoms with van der Waals surface area (Å²) >= 11 is 0. The summed E-state index contributed by atoms with van der Waals surface area (Å²) in [5.41, 5.74) is 3.37. The molecule has 8 nitrogen and oxygen atoms in total. The Hall–Kier alpha value is -3.55. The van der Waals surface area contributed by atoms with Gasteiger partial charge in [-0.05, 0) is 38.0 Å². The van der Waals surface area contributed by atoms with Gasteiger partial charge in [-0.2, -0.15) is 0 Å². The molecule has 0 aliphatic heterocycles. The fourth-order valence-electron chi connectivity index (χ4n) is 2.87. The van der Waals surface area contributed by atoms with E-state index in [0.29, 0.717) is 22.6 Å². The molecule has 0 fully saturated rings. The van der Waals surface area contributed by atoms with Crippen molar-refractivity contribution in [2.75, 3.05) is 0 Å². The molecule has 0 aliphatic carbocycles. The van der Waals surface area contributed by atoms with Crippen molar-refractivity contribution in [3.8, 4) is 11.5 Å². The summed E-state index contributed by atoms with van der Waals surface area (Å²) in [6, 6.07) is 9.39. The van der Waals surface area contributed by atoms with E-state index in [9.17, 15) is 4.79 Å². The average molecular weight is 392 g/mol. The summed E-state index contributed by atoms with van der Waals surface area (Å²) in [6.45, 7) is 7.66. The van der Waals surface area contributed by atoms with E-state index in [-0.39, 0.29) is 11.8 Å². The van der Waals surface area contributed by atoms with Crippen LogP contribution in [0.4, 0.5) is 0 Å². The molecule has 1 aromatic carbocycles. The fourth-order valence-corrected chi connectivity index (χ4v) is 2.87. The first-order valence-corrected chi connectivity index (χ1v) is 9.29. The van der Waals surface area contributed by atoms with Crippen LogP contribution in [0.2, 0.25) is 0 Å². The van der Waals surface area contributed by atoms with E-state index < -0.39 is 12.1 Å². The Labute approximate surface area is 166 Å². The van der Waals surface area contributed by atoms with Crippen LogP contribution in [0.3, 0.4) is 0 Å². The monoisotopic (exact) mass is 392 g/mol. The molecule has 0 amide bonds. The number of carbonyl (C=O) groups is 1. The average Bonchev–Trinajstić information content (AvgIpc) is 3.35. The molecule has 29 heavy (non-hydrogen) atoms. The van der Waals surface area contributed by atoms with Crippen LogP contribution in [0.1, 0.15) is 60.3 Å². The van der Waals surface area contributed by atoms with Gasteiger partial charge in [0, 0.05) is 11.8 Å². The predicted octanol–water partition coefficient (Wildman–Crippen LogP) is 4.62. The molecule has 0 aliphatic rings. The van der Waals surface area contributed by atoms with Crippen LogP contribution in [-0.2, 0) is 4.74 Å². The molecular weight excluding hydrogens is 372 g/mol. The summed E-state index contributed by atoms with van der Waals surface area (Å²) in [7, 11) is 0. The zero-order valence-corrected chi connectivity index (χ0v) is 16.5. The van der Waals surface area contributed by atoms with Crippen LogP contribution in [-0.4, -0.2) is 26.3 Å². The second-order valence-electron chi connectivity index (χ2n) is 7.16. The van der Waals surface area contributed by atoms with Crippen molar-refractivity contribution < 1.29 is 18.5 Å². The van der Waals surface area contributed by atoms with E-state index in [1.165, 1.54) is 6.20 Å². The van der Waals surface area contributed by atoms with Gasteiger partial charge in [-0.15, -0.1) is 10.2 Å². The number of aryl methyl sites for hydroxylation is 1. The van der Waals surface area contributed by atoms with Gasteiger partial charge in [0.05, 0.1) is 16.6 Å². The molecule has 3 aromatic heterocycles. The maximum atomic E-state index is 12.6. The molecule has 1 unspecified atom stereocenters. The maximum absolute atomic E-state index is 12.6. The molecular formula is C21H20N4O4. The van der Waals surface area contributed by atoms with Gasteiger partial charge in [0.15, 0.2) is 6.10 Å². The summed E-state index contributed by atoms with van der Waals surface area (Å²) < 4.78 is 16.4. The summed E-state index contributed by atoms with van der Waals surface area (Å²) in [4.78, 5) is 16.7. The fraction of sp³-hybridized carbons (Fsp3) is 0.286. The number of rotatable bonds is 5. The normalized spacial score (nSPS) is 12.4. The van der Waals surface area contributed by atoms with Crippen LogP contribution in [0.15, 0.2) is 45.5 Å². The van der Waals surface area contributed by atoms with Gasteiger partial charge >= 0.3 is 5.97 Å². The van der Waals surface area contributed by atoms with Crippen molar-refractivity contribution in [2.24, 2.45) is 0 Å². The van der Waals surface area contributed by atoms with Gasteiger partial charge in [-0.25, -0.2) is 9.78 Å². The van der Waals surface area contributed by atoms with Crippen LogP contribution >= 0.6 is 0 Å². The minimum absolute atomic E-state index is 0.141. The minimum Gasteiger partial charge on any atom is -0.449 e. The molecule has 8 heteroatoms. The quantitative estimate of drug-likeness (QED) is 0.453. The lowest BCUT2D eigenvalue weighted by atomic mass is 10.1. The molecule has 4 rings (SSSR count). The van der Waals surface area contributed by atoms with Crippen LogP contribution < -0.4 is 0 Å². The summed E-state index contributed by atoms with van der Waals surface area (Å²) in [5, 5.41) is 12.8. The van der Waals surface area contributed by atoms with Crippen molar-refractivity contribution >= 4 is 17.1 Å².